The van der Waals surface area contributed by atoms with Crippen molar-refractivity contribution in [3.8, 4) is 5.69 Å². The SMILES string of the molecule is O=C(Nc1ccc(Cl)c(Cl)c1)c1nnn(-c2ccc(F)cc2)c1CSc1ncccn1. The van der Waals surface area contributed by atoms with Crippen molar-refractivity contribution in [3.05, 3.63) is 88.2 Å². The van der Waals surface area contributed by atoms with Crippen LogP contribution >= 0.6 is 35.0 Å². The van der Waals surface area contributed by atoms with Crippen LogP contribution in [0, 0.1) is 5.82 Å². The summed E-state index contributed by atoms with van der Waals surface area (Å²) < 4.78 is 14.8. The zero-order valence-electron chi connectivity index (χ0n) is 15.7. The molecule has 0 fully saturated rings. The average Bonchev–Trinajstić information content (AvgIpc) is 3.20. The molecule has 0 bridgehead atoms. The van der Waals surface area contributed by atoms with Gasteiger partial charge in [0.25, 0.3) is 5.91 Å². The van der Waals surface area contributed by atoms with Gasteiger partial charge in [0, 0.05) is 23.8 Å². The van der Waals surface area contributed by atoms with E-state index in [1.54, 1.807) is 48.8 Å². The number of benzene rings is 2. The quantitative estimate of drug-likeness (QED) is 0.311. The second-order valence-electron chi connectivity index (χ2n) is 6.18. The summed E-state index contributed by atoms with van der Waals surface area (Å²) in [6.45, 7) is 0. The predicted octanol–water partition coefficient (Wildman–Crippen LogP) is 5.05. The Hall–Kier alpha value is -3.01. The first-order chi connectivity index (χ1) is 15.0. The van der Waals surface area contributed by atoms with Gasteiger partial charge >= 0.3 is 0 Å². The molecule has 0 saturated carbocycles. The van der Waals surface area contributed by atoms with E-state index in [1.165, 1.54) is 28.6 Å². The molecule has 0 unspecified atom stereocenters. The summed E-state index contributed by atoms with van der Waals surface area (Å²) in [5.41, 5.74) is 1.63. The van der Waals surface area contributed by atoms with E-state index in [-0.39, 0.29) is 11.5 Å². The van der Waals surface area contributed by atoms with E-state index >= 15 is 0 Å². The van der Waals surface area contributed by atoms with Crippen molar-refractivity contribution >= 4 is 46.6 Å². The van der Waals surface area contributed by atoms with Gasteiger partial charge in [-0.15, -0.1) is 5.10 Å². The zero-order valence-corrected chi connectivity index (χ0v) is 18.0. The summed E-state index contributed by atoms with van der Waals surface area (Å²) >= 11 is 13.3. The van der Waals surface area contributed by atoms with Gasteiger partial charge < -0.3 is 5.32 Å². The third-order valence-electron chi connectivity index (χ3n) is 4.11. The summed E-state index contributed by atoms with van der Waals surface area (Å²) in [6, 6.07) is 12.2. The highest BCUT2D eigenvalue weighted by atomic mass is 35.5. The fourth-order valence-electron chi connectivity index (χ4n) is 2.65. The number of amides is 1. The number of nitrogens with one attached hydrogen (secondary N) is 1. The number of hydrogen-bond donors (Lipinski definition) is 1. The van der Waals surface area contributed by atoms with Gasteiger partial charge in [0.05, 0.1) is 21.4 Å². The van der Waals surface area contributed by atoms with E-state index in [9.17, 15) is 9.18 Å². The molecule has 156 valence electrons. The van der Waals surface area contributed by atoms with E-state index < -0.39 is 5.91 Å². The van der Waals surface area contributed by atoms with Gasteiger partial charge in [-0.1, -0.05) is 40.2 Å². The Bertz CT molecular complexity index is 1220. The Morgan fingerprint density at radius 1 is 1.06 bits per heavy atom. The fraction of sp³-hybridized carbons (Fsp3) is 0.0500. The lowest BCUT2D eigenvalue weighted by Crippen LogP contribution is -2.15. The summed E-state index contributed by atoms with van der Waals surface area (Å²) in [5.74, 6) is -0.551. The van der Waals surface area contributed by atoms with Gasteiger partial charge in [0.15, 0.2) is 10.9 Å². The van der Waals surface area contributed by atoms with E-state index in [2.05, 4.69) is 25.6 Å². The van der Waals surface area contributed by atoms with Gasteiger partial charge in [-0.05, 0) is 48.5 Å². The number of aromatic nitrogens is 5. The highest BCUT2D eigenvalue weighted by molar-refractivity contribution is 7.98. The lowest BCUT2D eigenvalue weighted by Gasteiger charge is -2.09. The van der Waals surface area contributed by atoms with Crippen molar-refractivity contribution in [2.24, 2.45) is 0 Å². The lowest BCUT2D eigenvalue weighted by molar-refractivity contribution is 0.102. The second kappa shape index (κ2) is 9.42. The topological polar surface area (TPSA) is 85.6 Å². The monoisotopic (exact) mass is 474 g/mol. The van der Waals surface area contributed by atoms with Crippen molar-refractivity contribution in [3.63, 3.8) is 0 Å². The highest BCUT2D eigenvalue weighted by Gasteiger charge is 2.22. The summed E-state index contributed by atoms with van der Waals surface area (Å²) in [4.78, 5) is 21.3. The molecule has 2 aromatic heterocycles. The molecule has 4 aromatic rings. The van der Waals surface area contributed by atoms with Crippen LogP contribution in [0.1, 0.15) is 16.2 Å². The number of rotatable bonds is 6. The summed E-state index contributed by atoms with van der Waals surface area (Å²) in [5, 5.41) is 12.1. The first-order valence-electron chi connectivity index (χ1n) is 8.88. The Morgan fingerprint density at radius 2 is 1.81 bits per heavy atom. The molecule has 0 aliphatic rings. The number of carbonyl (C=O) groups is 1. The number of carbonyl (C=O) groups excluding carboxylic acids is 1. The van der Waals surface area contributed by atoms with Crippen LogP contribution in [0.15, 0.2) is 66.1 Å². The maximum atomic E-state index is 13.4. The second-order valence-corrected chi connectivity index (χ2v) is 7.93. The van der Waals surface area contributed by atoms with Crippen LogP contribution in [0.25, 0.3) is 5.69 Å². The smallest absolute Gasteiger partial charge is 0.278 e. The molecule has 11 heteroatoms. The molecule has 0 aliphatic carbocycles. The number of thioether (sulfide) groups is 1. The molecule has 1 amide bonds. The van der Waals surface area contributed by atoms with E-state index in [0.717, 1.165) is 0 Å². The minimum absolute atomic E-state index is 0.110. The van der Waals surface area contributed by atoms with Gasteiger partial charge in [-0.2, -0.15) is 0 Å². The predicted molar refractivity (Wildman–Crippen MR) is 117 cm³/mol. The maximum absolute atomic E-state index is 13.4. The fourth-order valence-corrected chi connectivity index (χ4v) is 3.75. The molecular formula is C20H13Cl2FN6OS. The maximum Gasteiger partial charge on any atom is 0.278 e. The van der Waals surface area contributed by atoms with Crippen LogP contribution < -0.4 is 5.32 Å². The summed E-state index contributed by atoms with van der Waals surface area (Å²) in [6.07, 6.45) is 3.26. The zero-order chi connectivity index (χ0) is 21.8. The molecule has 1 N–H and O–H groups in total. The highest BCUT2D eigenvalue weighted by Crippen LogP contribution is 2.27. The molecule has 0 spiro atoms. The minimum Gasteiger partial charge on any atom is -0.320 e. The van der Waals surface area contributed by atoms with Crippen molar-refractivity contribution in [1.82, 2.24) is 25.0 Å². The van der Waals surface area contributed by atoms with Crippen LogP contribution in [-0.2, 0) is 5.75 Å². The van der Waals surface area contributed by atoms with E-state index in [0.29, 0.717) is 38.0 Å². The van der Waals surface area contributed by atoms with Crippen molar-refractivity contribution in [1.29, 1.82) is 0 Å². The largest absolute Gasteiger partial charge is 0.320 e. The summed E-state index contributed by atoms with van der Waals surface area (Å²) in [7, 11) is 0. The van der Waals surface area contributed by atoms with Crippen LogP contribution in [0.3, 0.4) is 0 Å². The molecule has 7 nitrogen and oxygen atoms in total. The Labute approximate surface area is 190 Å². The molecular weight excluding hydrogens is 462 g/mol. The molecule has 31 heavy (non-hydrogen) atoms. The standard InChI is InChI=1S/C20H13Cl2FN6OS/c21-15-7-4-13(10-16(15)22)26-19(30)18-17(11-31-20-24-8-1-9-25-20)29(28-27-18)14-5-2-12(23)3-6-14/h1-10H,11H2,(H,26,30). The first-order valence-corrected chi connectivity index (χ1v) is 10.6. The van der Waals surface area contributed by atoms with Gasteiger partial charge in [0.1, 0.15) is 5.82 Å². The normalized spacial score (nSPS) is 10.8. The molecule has 0 saturated heterocycles. The van der Waals surface area contributed by atoms with Crippen LogP contribution in [0.4, 0.5) is 10.1 Å². The molecule has 0 atom stereocenters. The van der Waals surface area contributed by atoms with E-state index in [4.69, 9.17) is 23.2 Å². The third kappa shape index (κ3) is 5.01. The first kappa shape index (κ1) is 21.2. The van der Waals surface area contributed by atoms with Crippen LogP contribution in [-0.4, -0.2) is 30.9 Å². The van der Waals surface area contributed by atoms with Crippen molar-refractivity contribution in [2.75, 3.05) is 5.32 Å². The molecule has 0 radical (unpaired) electrons. The molecule has 0 aliphatic heterocycles. The minimum atomic E-state index is -0.476. The van der Waals surface area contributed by atoms with Crippen LogP contribution in [0.5, 0.6) is 0 Å². The number of anilines is 1. The third-order valence-corrected chi connectivity index (χ3v) is 5.73. The lowest BCUT2D eigenvalue weighted by atomic mass is 10.2. The van der Waals surface area contributed by atoms with Crippen molar-refractivity contribution < 1.29 is 9.18 Å². The molecule has 2 heterocycles. The van der Waals surface area contributed by atoms with Gasteiger partial charge in [-0.25, -0.2) is 19.0 Å². The van der Waals surface area contributed by atoms with Crippen LogP contribution in [0.2, 0.25) is 10.0 Å². The molecule has 2 aromatic carbocycles. The Kier molecular flexibility index (Phi) is 6.45. The van der Waals surface area contributed by atoms with E-state index in [1.807, 2.05) is 0 Å². The van der Waals surface area contributed by atoms with Crippen molar-refractivity contribution in [2.45, 2.75) is 10.9 Å². The van der Waals surface area contributed by atoms with Gasteiger partial charge in [-0.3, -0.25) is 4.79 Å². The number of nitrogens with zero attached hydrogens (tertiary/aromatic N) is 5. The Morgan fingerprint density at radius 3 is 2.52 bits per heavy atom. The van der Waals surface area contributed by atoms with Gasteiger partial charge in [0.2, 0.25) is 0 Å². The number of hydrogen-bond acceptors (Lipinski definition) is 6. The molecule has 4 rings (SSSR count). The Balaban J connectivity index is 1.66. The average molecular weight is 475 g/mol. The number of halogens is 3.